The van der Waals surface area contributed by atoms with Crippen LogP contribution in [-0.4, -0.2) is 23.1 Å². The Morgan fingerprint density at radius 1 is 0.475 bits per heavy atom. The molecule has 0 unspecified atom stereocenters. The molecule has 4 nitrogen and oxygen atoms in total. The van der Waals surface area contributed by atoms with Crippen LogP contribution in [0.4, 0.5) is 0 Å². The summed E-state index contributed by atoms with van der Waals surface area (Å²) < 4.78 is 1.70. The zero-order chi connectivity index (χ0) is 29.1. The molecule has 4 rings (SSSR count). The van der Waals surface area contributed by atoms with E-state index in [1.54, 1.807) is 0 Å². The van der Waals surface area contributed by atoms with E-state index in [9.17, 15) is 19.2 Å². The molecule has 0 aliphatic carbocycles. The van der Waals surface area contributed by atoms with Crippen LogP contribution in [0.15, 0.2) is 88.8 Å². The van der Waals surface area contributed by atoms with Crippen LogP contribution in [0.2, 0.25) is 0 Å². The Labute approximate surface area is 251 Å². The number of aryl methyl sites for hydroxylation is 2. The number of rotatable bonds is 8. The van der Waals surface area contributed by atoms with E-state index in [4.69, 9.17) is 0 Å². The van der Waals surface area contributed by atoms with Gasteiger partial charge in [0.25, 0.3) is 0 Å². The molecule has 0 N–H and O–H groups in total. The minimum atomic E-state index is -0.134. The van der Waals surface area contributed by atoms with Gasteiger partial charge in [0.1, 0.15) is 0 Å². The monoisotopic (exact) mass is 604 g/mol. The standard InChI is InChI=1S/C32H28O4S4/c1-17-7-11-23(12-8-17)25(31-37-27(19(3)33)28(38-31)20(4)34)15-16-26(24-13-9-18(2)10-14-24)32-39-29(21(5)35)30(40-32)22(6)36/h7-16H,1-6H3/b16-15+. The van der Waals surface area contributed by atoms with Gasteiger partial charge in [-0.05, 0) is 52.7 Å². The first-order valence-electron chi connectivity index (χ1n) is 12.5. The topological polar surface area (TPSA) is 68.3 Å². The van der Waals surface area contributed by atoms with E-state index in [2.05, 4.69) is 0 Å². The third-order valence-electron chi connectivity index (χ3n) is 6.05. The van der Waals surface area contributed by atoms with E-state index in [0.717, 1.165) is 41.9 Å². The van der Waals surface area contributed by atoms with E-state index in [1.165, 1.54) is 74.7 Å². The first kappa shape index (κ1) is 30.2. The Morgan fingerprint density at radius 3 is 0.950 bits per heavy atom. The van der Waals surface area contributed by atoms with Crippen molar-refractivity contribution in [1.82, 2.24) is 0 Å². The van der Waals surface area contributed by atoms with Crippen molar-refractivity contribution in [3.05, 3.63) is 111 Å². The van der Waals surface area contributed by atoms with Crippen LogP contribution >= 0.6 is 47.0 Å². The quantitative estimate of drug-likeness (QED) is 0.297. The van der Waals surface area contributed by atoms with Gasteiger partial charge in [0.15, 0.2) is 23.1 Å². The zero-order valence-electron chi connectivity index (χ0n) is 23.0. The third kappa shape index (κ3) is 6.74. The number of allylic oxidation sites excluding steroid dienone is 8. The highest BCUT2D eigenvalue weighted by Gasteiger charge is 2.30. The van der Waals surface area contributed by atoms with Gasteiger partial charge in [0.2, 0.25) is 0 Å². The second-order valence-electron chi connectivity index (χ2n) is 9.42. The lowest BCUT2D eigenvalue weighted by Gasteiger charge is -2.11. The van der Waals surface area contributed by atoms with Crippen LogP contribution in [0.3, 0.4) is 0 Å². The maximum atomic E-state index is 12.4. The summed E-state index contributed by atoms with van der Waals surface area (Å²) in [4.78, 5) is 51.4. The fourth-order valence-electron chi connectivity index (χ4n) is 3.94. The van der Waals surface area contributed by atoms with Crippen LogP contribution in [0.5, 0.6) is 0 Å². The van der Waals surface area contributed by atoms with Crippen molar-refractivity contribution in [3.8, 4) is 0 Å². The molecule has 0 radical (unpaired) electrons. The van der Waals surface area contributed by atoms with Gasteiger partial charge >= 0.3 is 0 Å². The molecule has 2 aromatic carbocycles. The molecular weight excluding hydrogens is 577 g/mol. The number of ketones is 4. The summed E-state index contributed by atoms with van der Waals surface area (Å²) in [5, 5.41) is 0. The highest BCUT2D eigenvalue weighted by molar-refractivity contribution is 8.30. The fraction of sp³-hybridized carbons (Fsp3) is 0.188. The summed E-state index contributed by atoms with van der Waals surface area (Å²) in [6.07, 6.45) is 4.01. The second kappa shape index (κ2) is 12.8. The summed E-state index contributed by atoms with van der Waals surface area (Å²) in [5.41, 5.74) is 5.92. The zero-order valence-corrected chi connectivity index (χ0v) is 26.3. The summed E-state index contributed by atoms with van der Waals surface area (Å²) in [6, 6.07) is 16.2. The summed E-state index contributed by atoms with van der Waals surface area (Å²) in [5.74, 6) is -0.534. The van der Waals surface area contributed by atoms with Crippen molar-refractivity contribution < 1.29 is 19.2 Å². The molecule has 0 bridgehead atoms. The number of thioether (sulfide) groups is 4. The molecule has 0 fully saturated rings. The number of Topliss-reactive ketones (excluding diaryl/α,β-unsaturated/α-hetero) is 4. The van der Waals surface area contributed by atoms with Crippen molar-refractivity contribution in [3.63, 3.8) is 0 Å². The van der Waals surface area contributed by atoms with E-state index in [1.807, 2.05) is 74.5 Å². The summed E-state index contributed by atoms with van der Waals surface area (Å²) in [7, 11) is 0. The first-order valence-corrected chi connectivity index (χ1v) is 15.8. The molecule has 40 heavy (non-hydrogen) atoms. The Morgan fingerprint density at radius 2 is 0.725 bits per heavy atom. The predicted molar refractivity (Wildman–Crippen MR) is 172 cm³/mol. The minimum Gasteiger partial charge on any atom is -0.294 e. The third-order valence-corrected chi connectivity index (χ3v) is 11.7. The average molecular weight is 605 g/mol. The maximum Gasteiger partial charge on any atom is 0.167 e. The Bertz CT molecular complexity index is 1410. The number of hydrogen-bond acceptors (Lipinski definition) is 8. The average Bonchev–Trinajstić information content (AvgIpc) is 3.54. The molecule has 2 aliphatic heterocycles. The molecule has 2 aromatic rings. The molecule has 2 aliphatic rings. The molecule has 0 spiro atoms. The molecule has 0 amide bonds. The van der Waals surface area contributed by atoms with E-state index in [0.29, 0.717) is 19.6 Å². The van der Waals surface area contributed by atoms with Crippen molar-refractivity contribution in [2.24, 2.45) is 0 Å². The van der Waals surface area contributed by atoms with E-state index >= 15 is 0 Å². The van der Waals surface area contributed by atoms with Crippen molar-refractivity contribution in [2.45, 2.75) is 41.5 Å². The van der Waals surface area contributed by atoms with Gasteiger partial charge in [-0.25, -0.2) is 0 Å². The van der Waals surface area contributed by atoms with Gasteiger partial charge in [0.05, 0.1) is 28.1 Å². The fourth-order valence-corrected chi connectivity index (χ4v) is 9.22. The van der Waals surface area contributed by atoms with E-state index < -0.39 is 0 Å². The lowest BCUT2D eigenvalue weighted by atomic mass is 10.0. The maximum absolute atomic E-state index is 12.4. The highest BCUT2D eigenvalue weighted by Crippen LogP contribution is 2.55. The Kier molecular flexibility index (Phi) is 9.67. The van der Waals surface area contributed by atoms with Gasteiger partial charge < -0.3 is 0 Å². The normalized spacial score (nSPS) is 15.3. The summed E-state index contributed by atoms with van der Waals surface area (Å²) >= 11 is 5.32. The number of carbonyl (C=O) groups is 4. The number of hydrogen-bond donors (Lipinski definition) is 0. The molecule has 0 aromatic heterocycles. The van der Waals surface area contributed by atoms with Gasteiger partial charge in [0, 0.05) is 11.1 Å². The Hall–Kier alpha value is -2.78. The molecule has 2 heterocycles. The molecule has 8 heteroatoms. The largest absolute Gasteiger partial charge is 0.294 e. The number of carbonyl (C=O) groups excluding carboxylic acids is 4. The van der Waals surface area contributed by atoms with Gasteiger partial charge in [-0.15, -0.1) is 0 Å². The van der Waals surface area contributed by atoms with Gasteiger partial charge in [-0.1, -0.05) is 119 Å². The van der Waals surface area contributed by atoms with Crippen LogP contribution in [0.1, 0.15) is 49.9 Å². The van der Waals surface area contributed by atoms with Crippen LogP contribution < -0.4 is 0 Å². The Balaban J connectivity index is 1.88. The molecule has 0 atom stereocenters. The van der Waals surface area contributed by atoms with Crippen molar-refractivity contribution in [1.29, 1.82) is 0 Å². The predicted octanol–water partition coefficient (Wildman–Crippen LogP) is 8.64. The summed E-state index contributed by atoms with van der Waals surface area (Å²) in [6.45, 7) is 9.98. The number of benzene rings is 2. The minimum absolute atomic E-state index is 0.134. The molecule has 204 valence electrons. The lowest BCUT2D eigenvalue weighted by Crippen LogP contribution is -1.98. The molecule has 0 saturated carbocycles. The van der Waals surface area contributed by atoms with Crippen LogP contribution in [0.25, 0.3) is 11.1 Å². The lowest BCUT2D eigenvalue weighted by molar-refractivity contribution is -0.115. The van der Waals surface area contributed by atoms with Crippen molar-refractivity contribution >= 4 is 81.3 Å². The van der Waals surface area contributed by atoms with Crippen LogP contribution in [-0.2, 0) is 19.2 Å². The first-order chi connectivity index (χ1) is 19.0. The second-order valence-corrected chi connectivity index (χ2v) is 14.0. The molecule has 0 saturated heterocycles. The molecular formula is C32H28O4S4. The smallest absolute Gasteiger partial charge is 0.167 e. The van der Waals surface area contributed by atoms with Crippen molar-refractivity contribution in [2.75, 3.05) is 0 Å². The van der Waals surface area contributed by atoms with Gasteiger partial charge in [-0.3, -0.25) is 19.2 Å². The van der Waals surface area contributed by atoms with Gasteiger partial charge in [-0.2, -0.15) is 0 Å². The highest BCUT2D eigenvalue weighted by atomic mass is 32.2. The van der Waals surface area contributed by atoms with E-state index in [-0.39, 0.29) is 23.1 Å². The SMILES string of the molecule is CC(=O)C1=C(C(C)=O)SC(=C(/C=C/C(=C2SC(C(C)=O)=C(C(C)=O)S2)c2ccc(C)cc2)c2ccc(C)cc2)S1. The van der Waals surface area contributed by atoms with Crippen LogP contribution in [0, 0.1) is 13.8 Å².